The summed E-state index contributed by atoms with van der Waals surface area (Å²) >= 11 is 0. The van der Waals surface area contributed by atoms with Crippen molar-refractivity contribution in [1.82, 2.24) is 14.9 Å². The van der Waals surface area contributed by atoms with Crippen LogP contribution in [0.1, 0.15) is 40.4 Å². The van der Waals surface area contributed by atoms with Crippen molar-refractivity contribution in [2.45, 2.75) is 40.0 Å². The Morgan fingerprint density at radius 3 is 2.24 bits per heavy atom. The van der Waals surface area contributed by atoms with E-state index in [0.717, 1.165) is 31.3 Å². The van der Waals surface area contributed by atoms with E-state index < -0.39 is 0 Å². The summed E-state index contributed by atoms with van der Waals surface area (Å²) in [5.41, 5.74) is 5.89. The lowest BCUT2D eigenvalue weighted by Crippen LogP contribution is -2.35. The lowest BCUT2D eigenvalue weighted by atomic mass is 9.96. The molecule has 0 saturated heterocycles. The van der Waals surface area contributed by atoms with Gasteiger partial charge in [0.25, 0.3) is 0 Å². The highest BCUT2D eigenvalue weighted by molar-refractivity contribution is 5.47. The molecule has 0 aromatic carbocycles. The minimum Gasteiger partial charge on any atom is -0.384 e. The summed E-state index contributed by atoms with van der Waals surface area (Å²) in [7, 11) is 4.17. The summed E-state index contributed by atoms with van der Waals surface area (Å²) in [6.45, 7) is 13.7. The molecule has 21 heavy (non-hydrogen) atoms. The Bertz CT molecular complexity index is 448. The molecule has 0 spiro atoms. The van der Waals surface area contributed by atoms with Crippen molar-refractivity contribution in [2.75, 3.05) is 44.4 Å². The van der Waals surface area contributed by atoms with E-state index >= 15 is 0 Å². The molecule has 1 rings (SSSR count). The summed E-state index contributed by atoms with van der Waals surface area (Å²) < 4.78 is 0. The van der Waals surface area contributed by atoms with Crippen molar-refractivity contribution in [2.24, 2.45) is 5.92 Å². The van der Waals surface area contributed by atoms with Crippen LogP contribution in [0.2, 0.25) is 0 Å². The molecule has 0 unspecified atom stereocenters. The second kappa shape index (κ2) is 7.07. The van der Waals surface area contributed by atoms with Gasteiger partial charge in [0.15, 0.2) is 0 Å². The quantitative estimate of drug-likeness (QED) is 0.872. The first-order chi connectivity index (χ1) is 9.59. The average molecular weight is 293 g/mol. The molecule has 0 atom stereocenters. The molecule has 0 aliphatic rings. The molecule has 0 fully saturated rings. The molecule has 0 radical (unpaired) electrons. The van der Waals surface area contributed by atoms with E-state index in [0.29, 0.717) is 11.7 Å². The number of nitrogens with two attached hydrogens (primary N) is 1. The van der Waals surface area contributed by atoms with E-state index in [4.69, 9.17) is 10.7 Å². The van der Waals surface area contributed by atoms with Crippen LogP contribution >= 0.6 is 0 Å². The zero-order valence-corrected chi connectivity index (χ0v) is 14.6. The third-order valence-electron chi connectivity index (χ3n) is 3.13. The Hall–Kier alpha value is -1.36. The first-order valence-corrected chi connectivity index (χ1v) is 7.64. The van der Waals surface area contributed by atoms with Crippen molar-refractivity contribution < 1.29 is 0 Å². The molecule has 0 aliphatic carbocycles. The van der Waals surface area contributed by atoms with Crippen molar-refractivity contribution >= 4 is 11.6 Å². The molecule has 120 valence electrons. The third-order valence-corrected chi connectivity index (χ3v) is 3.13. The van der Waals surface area contributed by atoms with E-state index in [9.17, 15) is 0 Å². The normalized spacial score (nSPS) is 12.2. The van der Waals surface area contributed by atoms with Crippen molar-refractivity contribution in [3.8, 4) is 0 Å². The van der Waals surface area contributed by atoms with Crippen molar-refractivity contribution in [3.05, 3.63) is 11.9 Å². The van der Waals surface area contributed by atoms with Crippen molar-refractivity contribution in [1.29, 1.82) is 0 Å². The number of hydrogen-bond acceptors (Lipinski definition) is 5. The average Bonchev–Trinajstić information content (AvgIpc) is 2.32. The summed E-state index contributed by atoms with van der Waals surface area (Å²) in [5, 5.41) is 0. The molecule has 5 nitrogen and oxygen atoms in total. The predicted molar refractivity (Wildman–Crippen MR) is 90.7 cm³/mol. The van der Waals surface area contributed by atoms with Gasteiger partial charge in [-0.15, -0.1) is 0 Å². The Balaban J connectivity index is 3.08. The van der Waals surface area contributed by atoms with E-state index in [2.05, 4.69) is 63.5 Å². The fourth-order valence-electron chi connectivity index (χ4n) is 2.01. The van der Waals surface area contributed by atoms with Crippen LogP contribution < -0.4 is 10.6 Å². The summed E-state index contributed by atoms with van der Waals surface area (Å²) in [6, 6.07) is 1.88. The van der Waals surface area contributed by atoms with Crippen LogP contribution in [0.25, 0.3) is 0 Å². The van der Waals surface area contributed by atoms with Crippen LogP contribution in [0.5, 0.6) is 0 Å². The molecular formula is C16H31N5. The molecule has 1 aromatic rings. The smallest absolute Gasteiger partial charge is 0.138 e. The first-order valence-electron chi connectivity index (χ1n) is 7.64. The Morgan fingerprint density at radius 1 is 1.14 bits per heavy atom. The number of nitrogen functional groups attached to an aromatic ring is 1. The van der Waals surface area contributed by atoms with Crippen LogP contribution in [0.3, 0.4) is 0 Å². The number of hydrogen-bond donors (Lipinski definition) is 1. The van der Waals surface area contributed by atoms with Gasteiger partial charge in [-0.05, 0) is 20.0 Å². The van der Waals surface area contributed by atoms with Gasteiger partial charge in [-0.1, -0.05) is 34.6 Å². The fraction of sp³-hybridized carbons (Fsp3) is 0.750. The zero-order valence-electron chi connectivity index (χ0n) is 14.6. The monoisotopic (exact) mass is 293 g/mol. The van der Waals surface area contributed by atoms with Gasteiger partial charge >= 0.3 is 0 Å². The summed E-state index contributed by atoms with van der Waals surface area (Å²) in [6.07, 6.45) is 0. The number of rotatable bonds is 6. The standard InChI is InChI=1S/C16H31N5/c1-12(2)11-21(9-8-20(6)7)14-10-13(17)18-15(19-14)16(3,4)5/h10,12H,8-9,11H2,1-7H3,(H2,17,18,19). The van der Waals surface area contributed by atoms with Gasteiger partial charge in [0.05, 0.1) is 0 Å². The van der Waals surface area contributed by atoms with Gasteiger partial charge < -0.3 is 15.5 Å². The first kappa shape index (κ1) is 17.7. The van der Waals surface area contributed by atoms with Crippen LogP contribution in [-0.2, 0) is 5.41 Å². The maximum atomic E-state index is 5.99. The van der Waals surface area contributed by atoms with Gasteiger partial charge in [-0.3, -0.25) is 0 Å². The van der Waals surface area contributed by atoms with Crippen LogP contribution in [0, 0.1) is 5.92 Å². The number of aromatic nitrogens is 2. The second-order valence-electron chi connectivity index (χ2n) is 7.37. The molecule has 5 heteroatoms. The molecule has 0 aliphatic heterocycles. The van der Waals surface area contributed by atoms with Gasteiger partial charge in [-0.25, -0.2) is 9.97 Å². The number of nitrogens with zero attached hydrogens (tertiary/aromatic N) is 4. The zero-order chi connectivity index (χ0) is 16.2. The maximum Gasteiger partial charge on any atom is 0.138 e. The van der Waals surface area contributed by atoms with Gasteiger partial charge in [0.1, 0.15) is 17.5 Å². The number of likely N-dealkylation sites (N-methyl/N-ethyl adjacent to an activating group) is 1. The van der Waals surface area contributed by atoms with Crippen LogP contribution in [-0.4, -0.2) is 48.6 Å². The highest BCUT2D eigenvalue weighted by Crippen LogP contribution is 2.23. The van der Waals surface area contributed by atoms with E-state index in [-0.39, 0.29) is 5.41 Å². The lowest BCUT2D eigenvalue weighted by Gasteiger charge is -2.28. The minimum atomic E-state index is -0.102. The maximum absolute atomic E-state index is 5.99. The molecule has 0 amide bonds. The SMILES string of the molecule is CC(C)CN(CCN(C)C)c1cc(N)nc(C(C)(C)C)n1. The van der Waals surface area contributed by atoms with E-state index in [1.165, 1.54) is 0 Å². The molecular weight excluding hydrogens is 262 g/mol. The van der Waals surface area contributed by atoms with Gasteiger partial charge in [0.2, 0.25) is 0 Å². The second-order valence-corrected chi connectivity index (χ2v) is 7.37. The van der Waals surface area contributed by atoms with Gasteiger partial charge in [-0.2, -0.15) is 0 Å². The van der Waals surface area contributed by atoms with Gasteiger partial charge in [0, 0.05) is 31.1 Å². The minimum absolute atomic E-state index is 0.102. The highest BCUT2D eigenvalue weighted by Gasteiger charge is 2.20. The molecule has 1 heterocycles. The Morgan fingerprint density at radius 2 is 1.76 bits per heavy atom. The highest BCUT2D eigenvalue weighted by atomic mass is 15.2. The Kier molecular flexibility index (Phi) is 5.96. The fourth-order valence-corrected chi connectivity index (χ4v) is 2.01. The molecule has 0 bridgehead atoms. The molecule has 2 N–H and O–H groups in total. The van der Waals surface area contributed by atoms with Crippen LogP contribution in [0.15, 0.2) is 6.07 Å². The molecule has 1 aromatic heterocycles. The molecule has 0 saturated carbocycles. The third kappa shape index (κ3) is 5.87. The largest absolute Gasteiger partial charge is 0.384 e. The van der Waals surface area contributed by atoms with Crippen LogP contribution in [0.4, 0.5) is 11.6 Å². The topological polar surface area (TPSA) is 58.3 Å². The summed E-state index contributed by atoms with van der Waals surface area (Å²) in [5.74, 6) is 2.85. The van der Waals surface area contributed by atoms with E-state index in [1.807, 2.05) is 6.07 Å². The van der Waals surface area contributed by atoms with E-state index in [1.54, 1.807) is 0 Å². The predicted octanol–water partition coefficient (Wildman–Crippen LogP) is 2.38. The lowest BCUT2D eigenvalue weighted by molar-refractivity contribution is 0.408. The number of anilines is 2. The summed E-state index contributed by atoms with van der Waals surface area (Å²) in [4.78, 5) is 13.6. The Labute approximate surface area is 129 Å². The van der Waals surface area contributed by atoms with Crippen molar-refractivity contribution in [3.63, 3.8) is 0 Å².